The SMILES string of the molecule is Cc1ncsc1CN(C[C@@H]1CCNC1)C(=O)CC[C@H]1CCCOC1. The number of nitrogens with one attached hydrogen (secondary N) is 1. The second kappa shape index (κ2) is 8.92. The number of carbonyl (C=O) groups excluding carboxylic acids is 1. The number of hydrogen-bond donors (Lipinski definition) is 1. The maximum Gasteiger partial charge on any atom is 0.222 e. The second-order valence-electron chi connectivity index (χ2n) is 7.12. The number of aryl methyl sites for hydroxylation is 1. The van der Waals surface area contributed by atoms with E-state index in [1.165, 1.54) is 17.7 Å². The second-order valence-corrected chi connectivity index (χ2v) is 8.06. The van der Waals surface area contributed by atoms with Gasteiger partial charge in [-0.1, -0.05) is 0 Å². The molecule has 1 aromatic rings. The minimum Gasteiger partial charge on any atom is -0.381 e. The van der Waals surface area contributed by atoms with Crippen molar-refractivity contribution in [3.8, 4) is 0 Å². The number of ether oxygens (including phenoxy) is 1. The third kappa shape index (κ3) is 5.01. The van der Waals surface area contributed by atoms with E-state index in [4.69, 9.17) is 4.74 Å². The Balaban J connectivity index is 1.56. The first kappa shape index (κ1) is 17.8. The van der Waals surface area contributed by atoms with Gasteiger partial charge >= 0.3 is 0 Å². The Morgan fingerprint density at radius 1 is 1.46 bits per heavy atom. The van der Waals surface area contributed by atoms with Gasteiger partial charge in [0.2, 0.25) is 5.91 Å². The van der Waals surface area contributed by atoms with Crippen LogP contribution in [0.2, 0.25) is 0 Å². The Morgan fingerprint density at radius 2 is 2.38 bits per heavy atom. The molecule has 3 heterocycles. The summed E-state index contributed by atoms with van der Waals surface area (Å²) in [5.41, 5.74) is 2.94. The van der Waals surface area contributed by atoms with Crippen molar-refractivity contribution < 1.29 is 9.53 Å². The van der Waals surface area contributed by atoms with E-state index in [9.17, 15) is 4.79 Å². The normalized spacial score (nSPS) is 24.2. The van der Waals surface area contributed by atoms with E-state index < -0.39 is 0 Å². The molecule has 0 bridgehead atoms. The van der Waals surface area contributed by atoms with Gasteiger partial charge in [-0.15, -0.1) is 11.3 Å². The lowest BCUT2D eigenvalue weighted by Gasteiger charge is -2.27. The maximum atomic E-state index is 12.9. The van der Waals surface area contributed by atoms with Crippen LogP contribution < -0.4 is 5.32 Å². The van der Waals surface area contributed by atoms with Gasteiger partial charge in [0, 0.05) is 31.1 Å². The Morgan fingerprint density at radius 3 is 3.04 bits per heavy atom. The predicted molar refractivity (Wildman–Crippen MR) is 96.0 cm³/mol. The molecule has 2 saturated heterocycles. The van der Waals surface area contributed by atoms with E-state index in [1.54, 1.807) is 11.3 Å². The van der Waals surface area contributed by atoms with E-state index in [1.807, 2.05) is 12.4 Å². The molecule has 0 saturated carbocycles. The van der Waals surface area contributed by atoms with Crippen LogP contribution in [0.5, 0.6) is 0 Å². The summed E-state index contributed by atoms with van der Waals surface area (Å²) < 4.78 is 5.54. The molecule has 0 unspecified atom stereocenters. The highest BCUT2D eigenvalue weighted by molar-refractivity contribution is 7.09. The molecule has 1 N–H and O–H groups in total. The van der Waals surface area contributed by atoms with Gasteiger partial charge < -0.3 is 15.0 Å². The first-order chi connectivity index (χ1) is 11.7. The van der Waals surface area contributed by atoms with Crippen LogP contribution in [0.25, 0.3) is 0 Å². The minimum absolute atomic E-state index is 0.292. The molecule has 0 aliphatic carbocycles. The Kier molecular flexibility index (Phi) is 6.63. The average Bonchev–Trinajstić information content (AvgIpc) is 3.25. The Bertz CT molecular complexity index is 522. The number of hydrogen-bond acceptors (Lipinski definition) is 5. The molecule has 0 radical (unpaired) electrons. The summed E-state index contributed by atoms with van der Waals surface area (Å²) in [5.74, 6) is 1.43. The maximum absolute atomic E-state index is 12.9. The average molecular weight is 352 g/mol. The lowest BCUT2D eigenvalue weighted by Crippen LogP contribution is -2.36. The van der Waals surface area contributed by atoms with Gasteiger partial charge in [0.05, 0.1) is 17.7 Å². The van der Waals surface area contributed by atoms with Crippen molar-refractivity contribution in [3.05, 3.63) is 16.1 Å². The van der Waals surface area contributed by atoms with Crippen LogP contribution in [-0.2, 0) is 16.1 Å². The standard InChI is InChI=1S/C18H29N3O2S/c1-14-17(24-13-20-14)11-21(10-16-6-7-19-9-16)18(22)5-4-15-3-2-8-23-12-15/h13,15-16,19H,2-12H2,1H3/t15-,16-/m1/s1. The van der Waals surface area contributed by atoms with E-state index in [0.717, 1.165) is 51.4 Å². The van der Waals surface area contributed by atoms with Gasteiger partial charge in [-0.2, -0.15) is 0 Å². The summed E-state index contributed by atoms with van der Waals surface area (Å²) in [5, 5.41) is 3.41. The summed E-state index contributed by atoms with van der Waals surface area (Å²) in [6.07, 6.45) is 5.11. The molecular weight excluding hydrogens is 322 g/mol. The number of aromatic nitrogens is 1. The molecule has 2 atom stereocenters. The van der Waals surface area contributed by atoms with Crippen molar-refractivity contribution in [2.24, 2.45) is 11.8 Å². The quantitative estimate of drug-likeness (QED) is 0.820. The van der Waals surface area contributed by atoms with Crippen molar-refractivity contribution in [3.63, 3.8) is 0 Å². The predicted octanol–water partition coefficient (Wildman–Crippen LogP) is 2.60. The van der Waals surface area contributed by atoms with Crippen LogP contribution in [0.3, 0.4) is 0 Å². The van der Waals surface area contributed by atoms with Crippen molar-refractivity contribution in [1.82, 2.24) is 15.2 Å². The van der Waals surface area contributed by atoms with Crippen molar-refractivity contribution in [2.75, 3.05) is 32.8 Å². The number of thiazole rings is 1. The van der Waals surface area contributed by atoms with Crippen LogP contribution in [-0.4, -0.2) is 48.6 Å². The van der Waals surface area contributed by atoms with Crippen LogP contribution in [0.15, 0.2) is 5.51 Å². The van der Waals surface area contributed by atoms with Gasteiger partial charge in [-0.3, -0.25) is 4.79 Å². The monoisotopic (exact) mass is 351 g/mol. The molecular formula is C18H29N3O2S. The molecule has 24 heavy (non-hydrogen) atoms. The zero-order valence-corrected chi connectivity index (χ0v) is 15.4. The van der Waals surface area contributed by atoms with Crippen molar-refractivity contribution >= 4 is 17.2 Å². The zero-order chi connectivity index (χ0) is 16.8. The Hall–Kier alpha value is -0.980. The molecule has 1 aromatic heterocycles. The summed E-state index contributed by atoms with van der Waals surface area (Å²) in [4.78, 5) is 20.5. The fraction of sp³-hybridized carbons (Fsp3) is 0.778. The Labute approximate surface area is 148 Å². The summed E-state index contributed by atoms with van der Waals surface area (Å²) in [6, 6.07) is 0. The molecule has 0 aromatic carbocycles. The first-order valence-corrected chi connectivity index (χ1v) is 10.1. The fourth-order valence-corrected chi connectivity index (χ4v) is 4.40. The molecule has 1 amide bonds. The van der Waals surface area contributed by atoms with Crippen molar-refractivity contribution in [2.45, 2.75) is 45.6 Å². The van der Waals surface area contributed by atoms with E-state index in [-0.39, 0.29) is 0 Å². The number of amides is 1. The first-order valence-electron chi connectivity index (χ1n) is 9.17. The largest absolute Gasteiger partial charge is 0.381 e. The molecule has 6 heteroatoms. The zero-order valence-electron chi connectivity index (χ0n) is 14.6. The summed E-state index contributed by atoms with van der Waals surface area (Å²) >= 11 is 1.66. The fourth-order valence-electron chi connectivity index (χ4n) is 3.61. The topological polar surface area (TPSA) is 54.5 Å². The highest BCUT2D eigenvalue weighted by Crippen LogP contribution is 2.22. The number of carbonyl (C=O) groups is 1. The van der Waals surface area contributed by atoms with Gasteiger partial charge in [0.1, 0.15) is 0 Å². The third-order valence-electron chi connectivity index (χ3n) is 5.19. The van der Waals surface area contributed by atoms with Crippen LogP contribution in [0.1, 0.15) is 42.7 Å². The number of nitrogens with zero attached hydrogens (tertiary/aromatic N) is 2. The van der Waals surface area contributed by atoms with Gasteiger partial charge in [-0.05, 0) is 57.5 Å². The lowest BCUT2D eigenvalue weighted by molar-refractivity contribution is -0.132. The van der Waals surface area contributed by atoms with Gasteiger partial charge in [0.25, 0.3) is 0 Å². The molecule has 134 valence electrons. The minimum atomic E-state index is 0.292. The molecule has 2 fully saturated rings. The van der Waals surface area contributed by atoms with E-state index in [0.29, 0.717) is 30.7 Å². The number of rotatable bonds is 7. The highest BCUT2D eigenvalue weighted by atomic mass is 32.1. The smallest absolute Gasteiger partial charge is 0.222 e. The van der Waals surface area contributed by atoms with E-state index in [2.05, 4.69) is 15.2 Å². The lowest BCUT2D eigenvalue weighted by atomic mass is 9.96. The van der Waals surface area contributed by atoms with Crippen LogP contribution >= 0.6 is 11.3 Å². The summed E-state index contributed by atoms with van der Waals surface area (Å²) in [7, 11) is 0. The van der Waals surface area contributed by atoms with Crippen molar-refractivity contribution in [1.29, 1.82) is 0 Å². The van der Waals surface area contributed by atoms with Gasteiger partial charge in [-0.25, -0.2) is 4.98 Å². The molecule has 2 aliphatic rings. The van der Waals surface area contributed by atoms with Crippen LogP contribution in [0, 0.1) is 18.8 Å². The molecule has 5 nitrogen and oxygen atoms in total. The highest BCUT2D eigenvalue weighted by Gasteiger charge is 2.24. The van der Waals surface area contributed by atoms with E-state index >= 15 is 0 Å². The van der Waals surface area contributed by atoms with Crippen LogP contribution in [0.4, 0.5) is 0 Å². The molecule has 3 rings (SSSR count). The summed E-state index contributed by atoms with van der Waals surface area (Å²) in [6.45, 7) is 7.43. The van der Waals surface area contributed by atoms with Gasteiger partial charge in [0.15, 0.2) is 0 Å². The molecule has 0 spiro atoms. The third-order valence-corrected chi connectivity index (χ3v) is 6.11. The molecule has 2 aliphatic heterocycles.